The largest absolute Gasteiger partial charge is 0.493 e. The Morgan fingerprint density at radius 1 is 1.13 bits per heavy atom. The fourth-order valence-corrected chi connectivity index (χ4v) is 4.50. The molecule has 1 saturated heterocycles. The standard InChI is InChI=1S/C24H33NO5/c1-17(2)30-21-12-10-18(15-22(21)28-3)11-13-24(27)29-16-23(26)25-14-6-8-19-7-4-5-9-20(19)25/h10-13,15,17,19-20H,4-9,14,16H2,1-3H3/b13-11+/t19-,20+/m1/s1. The van der Waals surface area contributed by atoms with Crippen LogP contribution in [0.25, 0.3) is 6.08 Å². The summed E-state index contributed by atoms with van der Waals surface area (Å²) in [6.45, 7) is 4.47. The number of esters is 1. The molecule has 0 spiro atoms. The van der Waals surface area contributed by atoms with Crippen molar-refractivity contribution in [2.45, 2.75) is 64.5 Å². The van der Waals surface area contributed by atoms with Crippen molar-refractivity contribution < 1.29 is 23.8 Å². The number of ether oxygens (including phenoxy) is 3. The summed E-state index contributed by atoms with van der Waals surface area (Å²) in [5, 5.41) is 0. The summed E-state index contributed by atoms with van der Waals surface area (Å²) in [6, 6.07) is 5.77. The van der Waals surface area contributed by atoms with Crippen LogP contribution in [0.3, 0.4) is 0 Å². The fourth-order valence-electron chi connectivity index (χ4n) is 4.50. The second-order valence-corrected chi connectivity index (χ2v) is 8.36. The van der Waals surface area contributed by atoms with Gasteiger partial charge in [0.05, 0.1) is 13.2 Å². The van der Waals surface area contributed by atoms with E-state index in [4.69, 9.17) is 14.2 Å². The molecule has 2 atom stereocenters. The molecule has 1 aliphatic carbocycles. The van der Waals surface area contributed by atoms with E-state index in [1.54, 1.807) is 19.3 Å². The van der Waals surface area contributed by atoms with Crippen LogP contribution in [0.1, 0.15) is 57.9 Å². The molecule has 6 heteroatoms. The molecule has 0 N–H and O–H groups in total. The molecule has 1 aromatic carbocycles. The number of rotatable bonds is 7. The van der Waals surface area contributed by atoms with E-state index in [2.05, 4.69) is 0 Å². The van der Waals surface area contributed by atoms with Crippen molar-refractivity contribution in [2.24, 2.45) is 5.92 Å². The molecular weight excluding hydrogens is 382 g/mol. The minimum Gasteiger partial charge on any atom is -0.493 e. The lowest BCUT2D eigenvalue weighted by Gasteiger charge is -2.44. The van der Waals surface area contributed by atoms with Crippen LogP contribution in [0.4, 0.5) is 0 Å². The molecule has 6 nitrogen and oxygen atoms in total. The maximum absolute atomic E-state index is 12.6. The fraction of sp³-hybridized carbons (Fsp3) is 0.583. The monoisotopic (exact) mass is 415 g/mol. The number of nitrogens with zero attached hydrogens (tertiary/aromatic N) is 1. The van der Waals surface area contributed by atoms with Gasteiger partial charge in [-0.25, -0.2) is 4.79 Å². The Morgan fingerprint density at radius 2 is 1.90 bits per heavy atom. The van der Waals surface area contributed by atoms with E-state index >= 15 is 0 Å². The van der Waals surface area contributed by atoms with Crippen LogP contribution in [-0.4, -0.2) is 49.2 Å². The summed E-state index contributed by atoms with van der Waals surface area (Å²) < 4.78 is 16.3. The van der Waals surface area contributed by atoms with Crippen molar-refractivity contribution >= 4 is 18.0 Å². The predicted molar refractivity (Wildman–Crippen MR) is 115 cm³/mol. The van der Waals surface area contributed by atoms with Gasteiger partial charge in [0, 0.05) is 18.7 Å². The molecule has 1 aliphatic heterocycles. The number of carbonyl (C=O) groups excluding carboxylic acids is 2. The molecule has 1 aromatic rings. The lowest BCUT2D eigenvalue weighted by molar-refractivity contribution is -0.151. The van der Waals surface area contributed by atoms with E-state index in [0.717, 1.165) is 24.9 Å². The Morgan fingerprint density at radius 3 is 2.67 bits per heavy atom. The van der Waals surface area contributed by atoms with Crippen molar-refractivity contribution in [1.29, 1.82) is 0 Å². The summed E-state index contributed by atoms with van der Waals surface area (Å²) in [4.78, 5) is 26.7. The van der Waals surface area contributed by atoms with Gasteiger partial charge in [0.15, 0.2) is 18.1 Å². The number of benzene rings is 1. The topological polar surface area (TPSA) is 65.1 Å². The van der Waals surface area contributed by atoms with E-state index in [-0.39, 0.29) is 18.6 Å². The molecule has 0 bridgehead atoms. The van der Waals surface area contributed by atoms with Crippen LogP contribution in [-0.2, 0) is 14.3 Å². The second-order valence-electron chi connectivity index (χ2n) is 8.36. The first-order chi connectivity index (χ1) is 14.5. The molecule has 30 heavy (non-hydrogen) atoms. The Labute approximate surface area is 179 Å². The Kier molecular flexibility index (Phi) is 7.77. The highest BCUT2D eigenvalue weighted by Gasteiger charge is 2.35. The van der Waals surface area contributed by atoms with Gasteiger partial charge in [0.25, 0.3) is 5.91 Å². The average molecular weight is 416 g/mol. The maximum Gasteiger partial charge on any atom is 0.331 e. The van der Waals surface area contributed by atoms with Gasteiger partial charge in [-0.2, -0.15) is 0 Å². The first-order valence-electron chi connectivity index (χ1n) is 11.0. The molecule has 1 heterocycles. The van der Waals surface area contributed by atoms with Crippen LogP contribution in [0.15, 0.2) is 24.3 Å². The molecular formula is C24H33NO5. The number of hydrogen-bond acceptors (Lipinski definition) is 5. The summed E-state index contributed by atoms with van der Waals surface area (Å²) in [6.07, 6.45) is 9.99. The molecule has 2 fully saturated rings. The first kappa shape index (κ1) is 22.2. The second kappa shape index (κ2) is 10.5. The quantitative estimate of drug-likeness (QED) is 0.493. The lowest BCUT2D eigenvalue weighted by Crippen LogP contribution is -2.50. The SMILES string of the molecule is COc1cc(/C=C/C(=O)OCC(=O)N2CCC[C@H]3CCCC[C@@H]32)ccc1OC(C)C. The van der Waals surface area contributed by atoms with Gasteiger partial charge in [0.2, 0.25) is 0 Å². The van der Waals surface area contributed by atoms with Crippen LogP contribution < -0.4 is 9.47 Å². The molecule has 0 radical (unpaired) electrons. The highest BCUT2D eigenvalue weighted by atomic mass is 16.5. The number of methoxy groups -OCH3 is 1. The van der Waals surface area contributed by atoms with E-state index in [9.17, 15) is 9.59 Å². The van der Waals surface area contributed by atoms with Gasteiger partial charge in [-0.05, 0) is 69.2 Å². The summed E-state index contributed by atoms with van der Waals surface area (Å²) in [5.41, 5.74) is 0.785. The zero-order valence-electron chi connectivity index (χ0n) is 18.3. The normalized spacial score (nSPS) is 21.4. The van der Waals surface area contributed by atoms with Crippen LogP contribution in [0.5, 0.6) is 11.5 Å². The van der Waals surface area contributed by atoms with Crippen molar-refractivity contribution in [3.05, 3.63) is 29.8 Å². The Bertz CT molecular complexity index is 771. The van der Waals surface area contributed by atoms with Crippen molar-refractivity contribution in [3.63, 3.8) is 0 Å². The third kappa shape index (κ3) is 5.77. The average Bonchev–Trinajstić information content (AvgIpc) is 2.75. The summed E-state index contributed by atoms with van der Waals surface area (Å²) >= 11 is 0. The van der Waals surface area contributed by atoms with Crippen molar-refractivity contribution in [1.82, 2.24) is 4.90 Å². The third-order valence-electron chi connectivity index (χ3n) is 5.86. The number of piperidine rings is 1. The minimum atomic E-state index is -0.526. The zero-order valence-corrected chi connectivity index (χ0v) is 18.3. The summed E-state index contributed by atoms with van der Waals surface area (Å²) in [5.74, 6) is 1.26. The first-order valence-corrected chi connectivity index (χ1v) is 11.0. The smallest absolute Gasteiger partial charge is 0.331 e. The van der Waals surface area contributed by atoms with Gasteiger partial charge in [-0.15, -0.1) is 0 Å². The van der Waals surface area contributed by atoms with E-state index in [1.807, 2.05) is 30.9 Å². The van der Waals surface area contributed by atoms with E-state index < -0.39 is 5.97 Å². The number of carbonyl (C=O) groups is 2. The van der Waals surface area contributed by atoms with Gasteiger partial charge >= 0.3 is 5.97 Å². The van der Waals surface area contributed by atoms with Gasteiger partial charge in [0.1, 0.15) is 0 Å². The van der Waals surface area contributed by atoms with Gasteiger partial charge in [-0.3, -0.25) is 4.79 Å². The lowest BCUT2D eigenvalue weighted by atomic mass is 9.78. The maximum atomic E-state index is 12.6. The number of fused-ring (bicyclic) bond motifs is 1. The molecule has 1 saturated carbocycles. The molecule has 0 unspecified atom stereocenters. The van der Waals surface area contributed by atoms with Crippen LogP contribution in [0.2, 0.25) is 0 Å². The Hall–Kier alpha value is -2.50. The van der Waals surface area contributed by atoms with Gasteiger partial charge < -0.3 is 19.1 Å². The van der Waals surface area contributed by atoms with Crippen LogP contribution >= 0.6 is 0 Å². The highest BCUT2D eigenvalue weighted by molar-refractivity contribution is 5.89. The zero-order chi connectivity index (χ0) is 21.5. The molecule has 164 valence electrons. The van der Waals surface area contributed by atoms with Crippen molar-refractivity contribution in [2.75, 3.05) is 20.3 Å². The molecule has 1 amide bonds. The van der Waals surface area contributed by atoms with Gasteiger partial charge in [-0.1, -0.05) is 18.9 Å². The van der Waals surface area contributed by atoms with E-state index in [0.29, 0.717) is 23.5 Å². The third-order valence-corrected chi connectivity index (χ3v) is 5.86. The molecule has 0 aromatic heterocycles. The minimum absolute atomic E-state index is 0.0385. The number of likely N-dealkylation sites (tertiary alicyclic amines) is 1. The molecule has 3 rings (SSSR count). The van der Waals surface area contributed by atoms with Crippen LogP contribution in [0, 0.1) is 5.92 Å². The van der Waals surface area contributed by atoms with E-state index in [1.165, 1.54) is 31.8 Å². The Balaban J connectivity index is 1.52. The number of amides is 1. The van der Waals surface area contributed by atoms with Crippen molar-refractivity contribution in [3.8, 4) is 11.5 Å². The summed E-state index contributed by atoms with van der Waals surface area (Å²) in [7, 11) is 1.58. The molecule has 2 aliphatic rings. The highest BCUT2D eigenvalue weighted by Crippen LogP contribution is 2.35. The number of hydrogen-bond donors (Lipinski definition) is 0. The predicted octanol–water partition coefficient (Wildman–Crippen LogP) is 4.22.